The van der Waals surface area contributed by atoms with Crippen LogP contribution in [0.4, 0.5) is 0 Å². The normalized spacial score (nSPS) is 16.7. The van der Waals surface area contributed by atoms with Crippen molar-refractivity contribution < 1.29 is 0 Å². The van der Waals surface area contributed by atoms with Crippen LogP contribution in [-0.4, -0.2) is 11.5 Å². The molecule has 2 nitrogen and oxygen atoms in total. The Morgan fingerprint density at radius 2 is 2.10 bits per heavy atom. The van der Waals surface area contributed by atoms with E-state index in [9.17, 15) is 0 Å². The van der Waals surface area contributed by atoms with Crippen LogP contribution in [0.1, 0.15) is 50.8 Å². The molecule has 1 unspecified atom stereocenters. The molecule has 1 atom stereocenters. The van der Waals surface area contributed by atoms with E-state index in [1.807, 2.05) is 6.20 Å². The third-order valence-electron chi connectivity index (χ3n) is 4.27. The molecule has 0 bridgehead atoms. The second kappa shape index (κ2) is 6.86. The Morgan fingerprint density at radius 1 is 1.19 bits per heavy atom. The molecule has 1 aromatic carbocycles. The molecule has 110 valence electrons. The number of hydrogen-bond acceptors (Lipinski definition) is 2. The number of nitrogens with one attached hydrogen (secondary N) is 1. The van der Waals surface area contributed by atoms with Crippen molar-refractivity contribution in [2.45, 2.75) is 45.1 Å². The maximum atomic E-state index is 4.73. The monoisotopic (exact) mass is 280 g/mol. The highest BCUT2D eigenvalue weighted by Gasteiger charge is 2.20. The van der Waals surface area contributed by atoms with Crippen LogP contribution in [0.25, 0.3) is 10.8 Å². The number of fused-ring (bicyclic) bond motifs is 1. The van der Waals surface area contributed by atoms with Crippen molar-refractivity contribution in [2.75, 3.05) is 6.54 Å². The van der Waals surface area contributed by atoms with Crippen LogP contribution in [0.5, 0.6) is 0 Å². The summed E-state index contributed by atoms with van der Waals surface area (Å²) in [6.45, 7) is 3.25. The molecule has 0 amide bonds. The fourth-order valence-corrected chi connectivity index (χ4v) is 3.19. The van der Waals surface area contributed by atoms with E-state index in [0.717, 1.165) is 13.0 Å². The average Bonchev–Trinajstić information content (AvgIpc) is 2.56. The molecule has 0 fully saturated rings. The third-order valence-corrected chi connectivity index (χ3v) is 4.27. The molecule has 1 heterocycles. The summed E-state index contributed by atoms with van der Waals surface area (Å²) in [5.41, 5.74) is 2.72. The van der Waals surface area contributed by atoms with E-state index in [4.69, 9.17) is 4.98 Å². The summed E-state index contributed by atoms with van der Waals surface area (Å²) < 4.78 is 0. The molecule has 0 spiro atoms. The van der Waals surface area contributed by atoms with E-state index in [0.29, 0.717) is 0 Å². The van der Waals surface area contributed by atoms with Crippen molar-refractivity contribution in [3.8, 4) is 0 Å². The van der Waals surface area contributed by atoms with Gasteiger partial charge in [-0.3, -0.25) is 4.98 Å². The molecular formula is C19H24N2. The Balaban J connectivity index is 2.03. The fraction of sp³-hybridized carbons (Fsp3) is 0.421. The van der Waals surface area contributed by atoms with Crippen molar-refractivity contribution in [1.29, 1.82) is 0 Å². The second-order valence-corrected chi connectivity index (χ2v) is 5.83. The van der Waals surface area contributed by atoms with E-state index in [1.165, 1.54) is 47.7 Å². The minimum Gasteiger partial charge on any atom is -0.305 e. The number of allylic oxidation sites excluding steroid dienone is 1. The fourth-order valence-electron chi connectivity index (χ4n) is 3.19. The Morgan fingerprint density at radius 3 is 2.90 bits per heavy atom. The molecule has 0 saturated heterocycles. The summed E-state index contributed by atoms with van der Waals surface area (Å²) in [7, 11) is 0. The highest BCUT2D eigenvalue weighted by molar-refractivity contribution is 5.85. The molecule has 2 heteroatoms. The molecule has 21 heavy (non-hydrogen) atoms. The number of hydrogen-bond donors (Lipinski definition) is 1. The Hall–Kier alpha value is -1.67. The lowest BCUT2D eigenvalue weighted by atomic mass is 9.90. The van der Waals surface area contributed by atoms with Crippen LogP contribution in [0.2, 0.25) is 0 Å². The van der Waals surface area contributed by atoms with Gasteiger partial charge >= 0.3 is 0 Å². The largest absolute Gasteiger partial charge is 0.305 e. The minimum atomic E-state index is 0.274. The van der Waals surface area contributed by atoms with Crippen molar-refractivity contribution >= 4 is 10.8 Å². The van der Waals surface area contributed by atoms with E-state index in [-0.39, 0.29) is 6.04 Å². The van der Waals surface area contributed by atoms with Crippen molar-refractivity contribution in [1.82, 2.24) is 10.3 Å². The van der Waals surface area contributed by atoms with Gasteiger partial charge in [0, 0.05) is 11.6 Å². The molecular weight excluding hydrogens is 256 g/mol. The second-order valence-electron chi connectivity index (χ2n) is 5.83. The van der Waals surface area contributed by atoms with Gasteiger partial charge in [-0.1, -0.05) is 42.8 Å². The van der Waals surface area contributed by atoms with Gasteiger partial charge < -0.3 is 5.32 Å². The predicted molar refractivity (Wildman–Crippen MR) is 89.3 cm³/mol. The summed E-state index contributed by atoms with van der Waals surface area (Å²) in [5, 5.41) is 6.27. The van der Waals surface area contributed by atoms with E-state index >= 15 is 0 Å². The summed E-state index contributed by atoms with van der Waals surface area (Å²) in [6, 6.07) is 11.0. The minimum absolute atomic E-state index is 0.274. The molecule has 1 aliphatic rings. The van der Waals surface area contributed by atoms with Crippen LogP contribution in [-0.2, 0) is 0 Å². The number of aromatic nitrogens is 1. The summed E-state index contributed by atoms with van der Waals surface area (Å²) in [6.07, 6.45) is 10.6. The zero-order valence-corrected chi connectivity index (χ0v) is 12.8. The van der Waals surface area contributed by atoms with E-state index < -0.39 is 0 Å². The topological polar surface area (TPSA) is 24.9 Å². The molecule has 1 aliphatic carbocycles. The summed E-state index contributed by atoms with van der Waals surface area (Å²) in [4.78, 5) is 4.73. The van der Waals surface area contributed by atoms with Crippen LogP contribution < -0.4 is 5.32 Å². The van der Waals surface area contributed by atoms with Gasteiger partial charge in [-0.2, -0.15) is 0 Å². The van der Waals surface area contributed by atoms with Gasteiger partial charge in [-0.25, -0.2) is 0 Å². The summed E-state index contributed by atoms with van der Waals surface area (Å²) >= 11 is 0. The number of nitrogens with zero attached hydrogens (tertiary/aromatic N) is 1. The van der Waals surface area contributed by atoms with Crippen molar-refractivity contribution in [2.24, 2.45) is 0 Å². The van der Waals surface area contributed by atoms with Crippen LogP contribution in [0.15, 0.2) is 48.2 Å². The van der Waals surface area contributed by atoms with Crippen LogP contribution in [0, 0.1) is 0 Å². The van der Waals surface area contributed by atoms with E-state index in [2.05, 4.69) is 48.6 Å². The molecule has 1 aromatic heterocycles. The summed E-state index contributed by atoms with van der Waals surface area (Å²) in [5.74, 6) is 0. The molecule has 3 rings (SSSR count). The number of rotatable bonds is 5. The first-order valence-electron chi connectivity index (χ1n) is 8.16. The Bertz CT molecular complexity index is 625. The van der Waals surface area contributed by atoms with Crippen LogP contribution in [0.3, 0.4) is 0 Å². The maximum Gasteiger partial charge on any atom is 0.0717 e. The van der Waals surface area contributed by atoms with Gasteiger partial charge in [0.05, 0.1) is 11.7 Å². The third kappa shape index (κ3) is 3.16. The first-order valence-corrected chi connectivity index (χ1v) is 8.16. The van der Waals surface area contributed by atoms with Crippen LogP contribution >= 0.6 is 0 Å². The Labute approximate surface area is 127 Å². The SMILES string of the molecule is CCCNC(C1=CCCCC1)c1nccc2ccccc12. The first kappa shape index (κ1) is 14.3. The molecule has 1 N–H and O–H groups in total. The molecule has 0 radical (unpaired) electrons. The average molecular weight is 280 g/mol. The van der Waals surface area contributed by atoms with Crippen molar-refractivity contribution in [3.63, 3.8) is 0 Å². The predicted octanol–water partition coefficient (Wildman–Crippen LogP) is 4.78. The molecule has 2 aromatic rings. The first-order chi connectivity index (χ1) is 10.4. The molecule has 0 aliphatic heterocycles. The quantitative estimate of drug-likeness (QED) is 0.798. The van der Waals surface area contributed by atoms with Gasteiger partial charge in [0.2, 0.25) is 0 Å². The number of benzene rings is 1. The highest BCUT2D eigenvalue weighted by Crippen LogP contribution is 2.32. The maximum absolute atomic E-state index is 4.73. The van der Waals surface area contributed by atoms with Gasteiger partial charge in [0.1, 0.15) is 0 Å². The lowest BCUT2D eigenvalue weighted by Crippen LogP contribution is -2.25. The zero-order chi connectivity index (χ0) is 14.5. The van der Waals surface area contributed by atoms with E-state index in [1.54, 1.807) is 0 Å². The van der Waals surface area contributed by atoms with Gasteiger partial charge in [0.25, 0.3) is 0 Å². The lowest BCUT2D eigenvalue weighted by molar-refractivity contribution is 0.540. The standard InChI is InChI=1S/C19H24N2/c1-2-13-20-18(16-9-4-3-5-10-16)19-17-11-7-6-8-15(17)12-14-21-19/h6-9,11-12,14,18,20H,2-5,10,13H2,1H3. The Kier molecular flexibility index (Phi) is 4.66. The van der Waals surface area contributed by atoms with Gasteiger partial charge in [-0.15, -0.1) is 0 Å². The smallest absolute Gasteiger partial charge is 0.0717 e. The van der Waals surface area contributed by atoms with Crippen molar-refractivity contribution in [3.05, 3.63) is 53.9 Å². The number of pyridine rings is 1. The lowest BCUT2D eigenvalue weighted by Gasteiger charge is -2.25. The zero-order valence-electron chi connectivity index (χ0n) is 12.8. The highest BCUT2D eigenvalue weighted by atomic mass is 14.9. The molecule has 0 saturated carbocycles. The van der Waals surface area contributed by atoms with Gasteiger partial charge in [-0.05, 0) is 50.1 Å². The van der Waals surface area contributed by atoms with Gasteiger partial charge in [0.15, 0.2) is 0 Å².